The molecule has 1 atom stereocenters. The second kappa shape index (κ2) is 6.80. The van der Waals surface area contributed by atoms with E-state index in [4.69, 9.17) is 9.47 Å². The predicted molar refractivity (Wildman–Crippen MR) is 84.5 cm³/mol. The molecule has 1 aromatic carbocycles. The van der Waals surface area contributed by atoms with E-state index in [0.717, 1.165) is 29.7 Å². The first-order valence-electron chi connectivity index (χ1n) is 7.88. The normalized spacial score (nSPS) is 20.2. The van der Waals surface area contributed by atoms with Crippen molar-refractivity contribution in [1.82, 2.24) is 0 Å². The first kappa shape index (κ1) is 16.3. The predicted octanol–water partition coefficient (Wildman–Crippen LogP) is 4.23. The summed E-state index contributed by atoms with van der Waals surface area (Å²) in [4.78, 5) is 0. The molecule has 118 valence electrons. The van der Waals surface area contributed by atoms with Crippen LogP contribution >= 0.6 is 0 Å². The second-order valence-corrected chi connectivity index (χ2v) is 6.92. The molecule has 3 heteroatoms. The lowest BCUT2D eigenvalue weighted by Gasteiger charge is -2.34. The number of hydrogen-bond donors (Lipinski definition) is 1. The molecule has 0 heterocycles. The molecule has 1 N–H and O–H groups in total. The molecule has 0 aromatic heterocycles. The fourth-order valence-corrected chi connectivity index (χ4v) is 2.92. The molecule has 1 aromatic rings. The third-order valence-corrected chi connectivity index (χ3v) is 4.55. The quantitative estimate of drug-likeness (QED) is 0.882. The van der Waals surface area contributed by atoms with Gasteiger partial charge in [-0.3, -0.25) is 0 Å². The average molecular weight is 292 g/mol. The minimum absolute atomic E-state index is 0.345. The monoisotopic (exact) mass is 292 g/mol. The summed E-state index contributed by atoms with van der Waals surface area (Å²) < 4.78 is 11.5. The van der Waals surface area contributed by atoms with Crippen LogP contribution in [0.1, 0.15) is 63.7 Å². The van der Waals surface area contributed by atoms with Gasteiger partial charge in [-0.15, -0.1) is 0 Å². The largest absolute Gasteiger partial charge is 0.496 e. The van der Waals surface area contributed by atoms with Gasteiger partial charge in [-0.2, -0.15) is 0 Å². The summed E-state index contributed by atoms with van der Waals surface area (Å²) in [5.74, 6) is 0.829. The minimum Gasteiger partial charge on any atom is -0.496 e. The van der Waals surface area contributed by atoms with Crippen LogP contribution in [0.15, 0.2) is 18.2 Å². The van der Waals surface area contributed by atoms with Crippen molar-refractivity contribution in [2.75, 3.05) is 7.11 Å². The Morgan fingerprint density at radius 3 is 2.52 bits per heavy atom. The van der Waals surface area contributed by atoms with E-state index in [0.29, 0.717) is 18.1 Å². The van der Waals surface area contributed by atoms with Crippen molar-refractivity contribution in [2.24, 2.45) is 5.41 Å². The fourth-order valence-electron chi connectivity index (χ4n) is 2.92. The van der Waals surface area contributed by atoms with Gasteiger partial charge in [0.05, 0.1) is 25.9 Å². The maximum absolute atomic E-state index is 9.70. The first-order valence-corrected chi connectivity index (χ1v) is 7.88. The van der Waals surface area contributed by atoms with E-state index in [2.05, 4.69) is 13.8 Å². The molecular formula is C18H28O3. The van der Waals surface area contributed by atoms with Gasteiger partial charge in [-0.25, -0.2) is 0 Å². The van der Waals surface area contributed by atoms with Crippen LogP contribution in [0, 0.1) is 5.41 Å². The highest BCUT2D eigenvalue weighted by Crippen LogP contribution is 2.36. The van der Waals surface area contributed by atoms with Gasteiger partial charge in [-0.05, 0) is 55.7 Å². The molecule has 3 nitrogen and oxygen atoms in total. The fraction of sp³-hybridized carbons (Fsp3) is 0.667. The standard InChI is InChI=1S/C18H28O3/c1-13(19)14-5-6-17(20-4)15(11-14)12-21-16-7-9-18(2,3)10-8-16/h5-6,11,13,16,19H,7-10,12H2,1-4H3. The van der Waals surface area contributed by atoms with E-state index in [1.54, 1.807) is 14.0 Å². The van der Waals surface area contributed by atoms with Crippen molar-refractivity contribution in [2.45, 2.75) is 65.3 Å². The molecule has 1 aliphatic rings. The molecule has 0 bridgehead atoms. The van der Waals surface area contributed by atoms with Gasteiger partial charge in [0.2, 0.25) is 0 Å². The minimum atomic E-state index is -0.467. The maximum atomic E-state index is 9.70. The first-order chi connectivity index (χ1) is 9.91. The number of hydrogen-bond acceptors (Lipinski definition) is 3. The molecule has 2 rings (SSSR count). The van der Waals surface area contributed by atoms with Crippen LogP contribution in [0.4, 0.5) is 0 Å². The van der Waals surface area contributed by atoms with Crippen LogP contribution in [0.25, 0.3) is 0 Å². The van der Waals surface area contributed by atoms with Crippen molar-refractivity contribution >= 4 is 0 Å². The summed E-state index contributed by atoms with van der Waals surface area (Å²) in [5.41, 5.74) is 2.38. The highest BCUT2D eigenvalue weighted by molar-refractivity contribution is 5.37. The lowest BCUT2D eigenvalue weighted by atomic mass is 9.76. The van der Waals surface area contributed by atoms with Gasteiger partial charge in [0, 0.05) is 5.56 Å². The Morgan fingerprint density at radius 2 is 1.95 bits per heavy atom. The number of methoxy groups -OCH3 is 1. The Labute approximate surface area is 128 Å². The van der Waals surface area contributed by atoms with Gasteiger partial charge >= 0.3 is 0 Å². The molecule has 0 aliphatic heterocycles. The smallest absolute Gasteiger partial charge is 0.124 e. The van der Waals surface area contributed by atoms with Crippen LogP contribution < -0.4 is 4.74 Å². The third kappa shape index (κ3) is 4.45. The van der Waals surface area contributed by atoms with Gasteiger partial charge in [0.25, 0.3) is 0 Å². The van der Waals surface area contributed by atoms with Gasteiger partial charge < -0.3 is 14.6 Å². The van der Waals surface area contributed by atoms with Crippen molar-refractivity contribution in [3.8, 4) is 5.75 Å². The van der Waals surface area contributed by atoms with Crippen molar-refractivity contribution in [1.29, 1.82) is 0 Å². The van der Waals surface area contributed by atoms with E-state index in [1.807, 2.05) is 18.2 Å². The summed E-state index contributed by atoms with van der Waals surface area (Å²) in [6, 6.07) is 5.79. The van der Waals surface area contributed by atoms with Crippen LogP contribution in [-0.4, -0.2) is 18.3 Å². The number of rotatable bonds is 5. The van der Waals surface area contributed by atoms with Gasteiger partial charge in [-0.1, -0.05) is 19.9 Å². The SMILES string of the molecule is COc1ccc(C(C)O)cc1COC1CCC(C)(C)CC1. The Balaban J connectivity index is 1.97. The van der Waals surface area contributed by atoms with Crippen LogP contribution in [0.2, 0.25) is 0 Å². The molecule has 0 spiro atoms. The van der Waals surface area contributed by atoms with Crippen molar-refractivity contribution < 1.29 is 14.6 Å². The summed E-state index contributed by atoms with van der Waals surface area (Å²) in [7, 11) is 1.67. The van der Waals surface area contributed by atoms with Gasteiger partial charge in [0.15, 0.2) is 0 Å². The lowest BCUT2D eigenvalue weighted by Crippen LogP contribution is -2.26. The van der Waals surface area contributed by atoms with Crippen molar-refractivity contribution in [3.63, 3.8) is 0 Å². The molecule has 1 fully saturated rings. The zero-order valence-corrected chi connectivity index (χ0v) is 13.7. The summed E-state index contributed by atoms with van der Waals surface area (Å²) in [6.45, 7) is 6.99. The highest BCUT2D eigenvalue weighted by Gasteiger charge is 2.27. The molecule has 1 aliphatic carbocycles. The van der Waals surface area contributed by atoms with Crippen molar-refractivity contribution in [3.05, 3.63) is 29.3 Å². The molecule has 0 saturated heterocycles. The average Bonchev–Trinajstić information content (AvgIpc) is 2.45. The number of benzene rings is 1. The van der Waals surface area contributed by atoms with E-state index in [1.165, 1.54) is 12.8 Å². The summed E-state index contributed by atoms with van der Waals surface area (Å²) in [5, 5.41) is 9.70. The Kier molecular flexibility index (Phi) is 5.28. The lowest BCUT2D eigenvalue weighted by molar-refractivity contribution is -0.00627. The molecule has 0 amide bonds. The Hall–Kier alpha value is -1.06. The van der Waals surface area contributed by atoms with Crippen LogP contribution in [-0.2, 0) is 11.3 Å². The molecule has 0 radical (unpaired) electrons. The van der Waals surface area contributed by atoms with Crippen LogP contribution in [0.3, 0.4) is 0 Å². The number of aliphatic hydroxyl groups excluding tert-OH is 1. The zero-order chi connectivity index (χ0) is 15.5. The zero-order valence-electron chi connectivity index (χ0n) is 13.7. The van der Waals surface area contributed by atoms with E-state index in [9.17, 15) is 5.11 Å². The third-order valence-electron chi connectivity index (χ3n) is 4.55. The molecular weight excluding hydrogens is 264 g/mol. The van der Waals surface area contributed by atoms with E-state index in [-0.39, 0.29) is 0 Å². The highest BCUT2D eigenvalue weighted by atomic mass is 16.5. The summed E-state index contributed by atoms with van der Waals surface area (Å²) in [6.07, 6.45) is 4.59. The summed E-state index contributed by atoms with van der Waals surface area (Å²) >= 11 is 0. The van der Waals surface area contributed by atoms with E-state index >= 15 is 0 Å². The Morgan fingerprint density at radius 1 is 1.29 bits per heavy atom. The molecule has 1 saturated carbocycles. The number of ether oxygens (including phenoxy) is 2. The topological polar surface area (TPSA) is 38.7 Å². The van der Waals surface area contributed by atoms with Gasteiger partial charge in [0.1, 0.15) is 5.75 Å². The molecule has 21 heavy (non-hydrogen) atoms. The number of aliphatic hydroxyl groups is 1. The van der Waals surface area contributed by atoms with Crippen LogP contribution in [0.5, 0.6) is 5.75 Å². The molecule has 1 unspecified atom stereocenters. The second-order valence-electron chi connectivity index (χ2n) is 6.92. The van der Waals surface area contributed by atoms with E-state index < -0.39 is 6.10 Å². The maximum Gasteiger partial charge on any atom is 0.124 e. The Bertz CT molecular complexity index is 456.